The lowest BCUT2D eigenvalue weighted by molar-refractivity contribution is 0.103. The maximum Gasteiger partial charge on any atom is 0.196 e. The van der Waals surface area contributed by atoms with Crippen LogP contribution in [0.1, 0.15) is 15.9 Å². The molecule has 1 heterocycles. The number of aromatic hydroxyl groups is 1. The fraction of sp³-hybridized carbons (Fsp3) is 0.0870. The zero-order valence-corrected chi connectivity index (χ0v) is 16.4. The van der Waals surface area contributed by atoms with Crippen molar-refractivity contribution < 1.29 is 32.5 Å². The highest BCUT2D eigenvalue weighted by molar-refractivity contribution is 6.20. The number of ether oxygens (including phenoxy) is 2. The number of fused-ring (bicyclic) bond motifs is 1. The number of hydrogen-bond donors (Lipinski definition) is 2. The van der Waals surface area contributed by atoms with E-state index < -0.39 is 23.2 Å². The van der Waals surface area contributed by atoms with Gasteiger partial charge in [0.05, 0.1) is 31.0 Å². The third-order valence-electron chi connectivity index (χ3n) is 4.95. The van der Waals surface area contributed by atoms with E-state index in [0.717, 1.165) is 0 Å². The van der Waals surface area contributed by atoms with E-state index in [-0.39, 0.29) is 22.6 Å². The van der Waals surface area contributed by atoms with Crippen LogP contribution >= 0.6 is 0 Å². The number of phenolic OH excluding ortho intramolecular Hbond substituents is 1. The third kappa shape index (κ3) is 3.46. The summed E-state index contributed by atoms with van der Waals surface area (Å²) in [7, 11) is 2.89. The van der Waals surface area contributed by atoms with Gasteiger partial charge >= 0.3 is 0 Å². The zero-order valence-electron chi connectivity index (χ0n) is 16.4. The second-order valence-corrected chi connectivity index (χ2v) is 6.76. The smallest absolute Gasteiger partial charge is 0.196 e. The fourth-order valence-electron chi connectivity index (χ4n) is 3.43. The van der Waals surface area contributed by atoms with Crippen molar-refractivity contribution in [1.82, 2.24) is 4.98 Å². The van der Waals surface area contributed by atoms with Gasteiger partial charge in [-0.25, -0.2) is 13.2 Å². The van der Waals surface area contributed by atoms with Gasteiger partial charge in [0.25, 0.3) is 0 Å². The molecule has 0 aliphatic carbocycles. The van der Waals surface area contributed by atoms with Gasteiger partial charge in [-0.05, 0) is 42.5 Å². The van der Waals surface area contributed by atoms with Crippen molar-refractivity contribution in [2.75, 3.05) is 14.2 Å². The molecule has 4 rings (SSSR count). The number of aromatic amines is 1. The van der Waals surface area contributed by atoms with Crippen LogP contribution in [0, 0.1) is 17.5 Å². The number of carbonyl (C=O) groups excluding carboxylic acids is 1. The molecule has 0 amide bonds. The second-order valence-electron chi connectivity index (χ2n) is 6.76. The normalized spacial score (nSPS) is 11.0. The Kier molecular flexibility index (Phi) is 5.06. The molecule has 0 radical (unpaired) electrons. The summed E-state index contributed by atoms with van der Waals surface area (Å²) in [5.74, 6) is -4.71. The van der Waals surface area contributed by atoms with Crippen LogP contribution < -0.4 is 9.47 Å². The van der Waals surface area contributed by atoms with Crippen LogP contribution in [-0.4, -0.2) is 30.1 Å². The lowest BCUT2D eigenvalue weighted by atomic mass is 9.96. The van der Waals surface area contributed by atoms with Gasteiger partial charge in [-0.1, -0.05) is 0 Å². The second kappa shape index (κ2) is 7.71. The summed E-state index contributed by atoms with van der Waals surface area (Å²) in [5, 5.41) is 10.6. The molecule has 0 fully saturated rings. The molecule has 8 heteroatoms. The number of carbonyl (C=O) groups is 1. The lowest BCUT2D eigenvalue weighted by Gasteiger charge is -2.08. The minimum Gasteiger partial charge on any atom is -0.504 e. The molecule has 4 aromatic rings. The molecule has 0 spiro atoms. The molecular formula is C23H16F3NO4. The minimum absolute atomic E-state index is 0.104. The van der Waals surface area contributed by atoms with Crippen LogP contribution in [0.3, 0.4) is 0 Å². The van der Waals surface area contributed by atoms with E-state index in [1.807, 2.05) is 0 Å². The van der Waals surface area contributed by atoms with E-state index in [2.05, 4.69) is 4.98 Å². The first-order chi connectivity index (χ1) is 14.8. The number of methoxy groups -OCH3 is 2. The highest BCUT2D eigenvalue weighted by Crippen LogP contribution is 2.37. The number of H-pyrrole nitrogens is 1. The van der Waals surface area contributed by atoms with Gasteiger partial charge in [-0.2, -0.15) is 0 Å². The van der Waals surface area contributed by atoms with Crippen LogP contribution in [0.4, 0.5) is 13.2 Å². The average Bonchev–Trinajstić information content (AvgIpc) is 3.15. The summed E-state index contributed by atoms with van der Waals surface area (Å²) >= 11 is 0. The maximum absolute atomic E-state index is 13.8. The van der Waals surface area contributed by atoms with Crippen molar-refractivity contribution in [2.45, 2.75) is 0 Å². The number of benzene rings is 3. The fourth-order valence-corrected chi connectivity index (χ4v) is 3.43. The van der Waals surface area contributed by atoms with Crippen molar-refractivity contribution in [3.05, 3.63) is 77.1 Å². The Morgan fingerprint density at radius 3 is 2.26 bits per heavy atom. The maximum atomic E-state index is 13.8. The molecule has 31 heavy (non-hydrogen) atoms. The Balaban J connectivity index is 1.97. The number of aromatic nitrogens is 1. The van der Waals surface area contributed by atoms with E-state index in [1.54, 1.807) is 24.3 Å². The van der Waals surface area contributed by atoms with Crippen LogP contribution in [0.25, 0.3) is 22.2 Å². The van der Waals surface area contributed by atoms with Crippen LogP contribution in [0.2, 0.25) is 0 Å². The summed E-state index contributed by atoms with van der Waals surface area (Å²) in [6.45, 7) is 0. The van der Waals surface area contributed by atoms with Crippen LogP contribution in [0.15, 0.2) is 48.5 Å². The Morgan fingerprint density at radius 2 is 1.65 bits per heavy atom. The molecule has 0 bridgehead atoms. The number of halogens is 3. The molecule has 0 saturated carbocycles. The molecule has 0 atom stereocenters. The molecule has 3 aromatic carbocycles. The molecular weight excluding hydrogens is 411 g/mol. The van der Waals surface area contributed by atoms with Gasteiger partial charge in [0.1, 0.15) is 5.75 Å². The van der Waals surface area contributed by atoms with Gasteiger partial charge < -0.3 is 19.6 Å². The van der Waals surface area contributed by atoms with Crippen LogP contribution in [-0.2, 0) is 0 Å². The number of hydrogen-bond acceptors (Lipinski definition) is 4. The molecule has 0 aliphatic rings. The summed E-state index contributed by atoms with van der Waals surface area (Å²) in [4.78, 5) is 16.4. The Bertz CT molecular complexity index is 1310. The van der Waals surface area contributed by atoms with E-state index in [9.17, 15) is 23.1 Å². The van der Waals surface area contributed by atoms with E-state index in [1.165, 1.54) is 26.4 Å². The number of phenols is 1. The van der Waals surface area contributed by atoms with Crippen molar-refractivity contribution in [1.29, 1.82) is 0 Å². The molecule has 2 N–H and O–H groups in total. The van der Waals surface area contributed by atoms with Gasteiger partial charge in [0.15, 0.2) is 34.7 Å². The van der Waals surface area contributed by atoms with E-state index >= 15 is 0 Å². The van der Waals surface area contributed by atoms with Crippen molar-refractivity contribution >= 4 is 16.7 Å². The molecule has 0 saturated heterocycles. The summed E-state index contributed by atoms with van der Waals surface area (Å²) in [6.07, 6.45) is 0. The van der Waals surface area contributed by atoms with Crippen molar-refractivity contribution in [3.8, 4) is 28.5 Å². The van der Waals surface area contributed by atoms with E-state index in [0.29, 0.717) is 40.0 Å². The van der Waals surface area contributed by atoms with Gasteiger partial charge in [0, 0.05) is 22.6 Å². The Labute approximate surface area is 174 Å². The Morgan fingerprint density at radius 1 is 0.935 bits per heavy atom. The summed E-state index contributed by atoms with van der Waals surface area (Å²) in [6, 6.07) is 10.7. The largest absolute Gasteiger partial charge is 0.504 e. The predicted molar refractivity (Wildman–Crippen MR) is 108 cm³/mol. The first kappa shape index (κ1) is 20.3. The van der Waals surface area contributed by atoms with Crippen LogP contribution in [0.5, 0.6) is 17.2 Å². The molecule has 0 aliphatic heterocycles. The third-order valence-corrected chi connectivity index (χ3v) is 4.95. The number of nitrogens with one attached hydrogen (secondary N) is 1. The highest BCUT2D eigenvalue weighted by Gasteiger charge is 2.24. The molecule has 1 aromatic heterocycles. The lowest BCUT2D eigenvalue weighted by Crippen LogP contribution is -2.05. The summed E-state index contributed by atoms with van der Waals surface area (Å²) in [5.41, 5.74) is 1.01. The average molecular weight is 427 g/mol. The van der Waals surface area contributed by atoms with Crippen molar-refractivity contribution in [3.63, 3.8) is 0 Å². The molecule has 158 valence electrons. The Hall–Kier alpha value is -3.94. The van der Waals surface area contributed by atoms with Gasteiger partial charge in [-0.3, -0.25) is 4.79 Å². The summed E-state index contributed by atoms with van der Waals surface area (Å²) < 4.78 is 51.2. The monoisotopic (exact) mass is 427 g/mol. The minimum atomic E-state index is -1.65. The first-order valence-corrected chi connectivity index (χ1v) is 9.10. The highest BCUT2D eigenvalue weighted by atomic mass is 19.2. The molecule has 5 nitrogen and oxygen atoms in total. The molecule has 0 unspecified atom stereocenters. The topological polar surface area (TPSA) is 71.6 Å². The van der Waals surface area contributed by atoms with Gasteiger partial charge in [0.2, 0.25) is 0 Å². The zero-order chi connectivity index (χ0) is 22.3. The SMILES string of the molecule is COc1ccc2c(C(=O)c3cc(F)c(F)c(F)c3)c(-c3ccc(OC)c(O)c3)[nH]c2c1. The number of rotatable bonds is 5. The first-order valence-electron chi connectivity index (χ1n) is 9.10. The standard InChI is InChI=1S/C23H16F3NO4/c1-30-13-4-5-14-17(10-13)27-22(11-3-6-19(31-2)18(28)9-11)20(14)23(29)12-7-15(24)21(26)16(25)8-12/h3-10,27-28H,1-2H3. The van der Waals surface area contributed by atoms with E-state index in [4.69, 9.17) is 9.47 Å². The number of ketones is 1. The quantitative estimate of drug-likeness (QED) is 0.339. The van der Waals surface area contributed by atoms with Crippen molar-refractivity contribution in [2.24, 2.45) is 0 Å². The predicted octanol–water partition coefficient (Wildman–Crippen LogP) is 5.21. The van der Waals surface area contributed by atoms with Gasteiger partial charge in [-0.15, -0.1) is 0 Å².